The highest BCUT2D eigenvalue weighted by atomic mass is 32.2. The fourth-order valence-electron chi connectivity index (χ4n) is 2.48. The Morgan fingerprint density at radius 2 is 1.75 bits per heavy atom. The van der Waals surface area contributed by atoms with Gasteiger partial charge in [0.25, 0.3) is 5.91 Å². The van der Waals surface area contributed by atoms with E-state index in [0.29, 0.717) is 15.6 Å². The fraction of sp³-hybridized carbons (Fsp3) is 0.158. The number of hydrogen-bond acceptors (Lipinski definition) is 4. The number of phenolic OH excluding ortho intramolecular Hbond substituents is 1. The molecule has 0 spiro atoms. The SMILES string of the molecule is Cc1cccc(C)c1N=C1S/C(=C/c2ccccc2O)C(=O)N1C. The molecular weight excluding hydrogens is 320 g/mol. The number of likely N-dealkylation sites (N-methyl/N-ethyl adjacent to an activating group) is 1. The van der Waals surface area contributed by atoms with Crippen molar-refractivity contribution in [3.05, 3.63) is 64.1 Å². The lowest BCUT2D eigenvalue weighted by atomic mass is 10.1. The number of carbonyl (C=O) groups is 1. The van der Waals surface area contributed by atoms with Gasteiger partial charge in [0.15, 0.2) is 5.17 Å². The van der Waals surface area contributed by atoms with Crippen LogP contribution in [0.2, 0.25) is 0 Å². The fourth-order valence-corrected chi connectivity index (χ4v) is 3.44. The average Bonchev–Trinajstić information content (AvgIpc) is 2.81. The summed E-state index contributed by atoms with van der Waals surface area (Å²) in [6.45, 7) is 4.01. The molecule has 1 aliphatic heterocycles. The van der Waals surface area contributed by atoms with Crippen LogP contribution >= 0.6 is 11.8 Å². The van der Waals surface area contributed by atoms with Crippen LogP contribution in [-0.2, 0) is 4.79 Å². The zero-order valence-electron chi connectivity index (χ0n) is 13.8. The molecule has 2 aromatic rings. The van der Waals surface area contributed by atoms with E-state index in [2.05, 4.69) is 4.99 Å². The van der Waals surface area contributed by atoms with Crippen LogP contribution in [0.25, 0.3) is 6.08 Å². The van der Waals surface area contributed by atoms with Crippen LogP contribution in [0.4, 0.5) is 5.69 Å². The smallest absolute Gasteiger partial charge is 0.266 e. The number of amidine groups is 1. The molecule has 0 atom stereocenters. The van der Waals surface area contributed by atoms with Crippen molar-refractivity contribution in [3.63, 3.8) is 0 Å². The van der Waals surface area contributed by atoms with Crippen molar-refractivity contribution in [3.8, 4) is 5.75 Å². The van der Waals surface area contributed by atoms with E-state index >= 15 is 0 Å². The van der Waals surface area contributed by atoms with E-state index in [4.69, 9.17) is 0 Å². The van der Waals surface area contributed by atoms with Crippen molar-refractivity contribution in [2.24, 2.45) is 4.99 Å². The maximum absolute atomic E-state index is 12.5. The Hall–Kier alpha value is -2.53. The second-order valence-electron chi connectivity index (χ2n) is 5.67. The van der Waals surface area contributed by atoms with Crippen molar-refractivity contribution in [1.82, 2.24) is 4.90 Å². The van der Waals surface area contributed by atoms with E-state index in [0.717, 1.165) is 16.8 Å². The number of hydrogen-bond donors (Lipinski definition) is 1. The minimum Gasteiger partial charge on any atom is -0.507 e. The number of aromatic hydroxyl groups is 1. The van der Waals surface area contributed by atoms with Gasteiger partial charge in [0.2, 0.25) is 0 Å². The highest BCUT2D eigenvalue weighted by Crippen LogP contribution is 2.35. The van der Waals surface area contributed by atoms with Crippen LogP contribution in [0.15, 0.2) is 52.4 Å². The van der Waals surface area contributed by atoms with E-state index in [-0.39, 0.29) is 11.7 Å². The zero-order valence-corrected chi connectivity index (χ0v) is 14.6. The predicted octanol–water partition coefficient (Wildman–Crippen LogP) is 4.24. The van der Waals surface area contributed by atoms with E-state index in [1.807, 2.05) is 38.1 Å². The summed E-state index contributed by atoms with van der Waals surface area (Å²) in [5.41, 5.74) is 3.66. The summed E-state index contributed by atoms with van der Waals surface area (Å²) in [7, 11) is 1.72. The monoisotopic (exact) mass is 338 g/mol. The van der Waals surface area contributed by atoms with Crippen LogP contribution in [-0.4, -0.2) is 28.1 Å². The molecule has 0 unspecified atom stereocenters. The van der Waals surface area contributed by atoms with Crippen LogP contribution in [0.5, 0.6) is 5.75 Å². The average molecular weight is 338 g/mol. The number of rotatable bonds is 2. The number of amides is 1. The number of para-hydroxylation sites is 2. The van der Waals surface area contributed by atoms with Crippen molar-refractivity contribution in [2.45, 2.75) is 13.8 Å². The molecule has 3 rings (SSSR count). The van der Waals surface area contributed by atoms with Gasteiger partial charge in [-0.3, -0.25) is 9.69 Å². The van der Waals surface area contributed by atoms with E-state index in [9.17, 15) is 9.90 Å². The van der Waals surface area contributed by atoms with Gasteiger partial charge in [-0.25, -0.2) is 4.99 Å². The number of nitrogens with zero attached hydrogens (tertiary/aromatic N) is 2. The molecule has 0 bridgehead atoms. The molecule has 1 aliphatic rings. The molecule has 5 heteroatoms. The highest BCUT2D eigenvalue weighted by Gasteiger charge is 2.30. The molecule has 24 heavy (non-hydrogen) atoms. The minimum atomic E-state index is -0.117. The van der Waals surface area contributed by atoms with Crippen LogP contribution in [0.1, 0.15) is 16.7 Å². The third-order valence-electron chi connectivity index (χ3n) is 3.87. The summed E-state index contributed by atoms with van der Waals surface area (Å²) in [5.74, 6) is 0.0365. The summed E-state index contributed by atoms with van der Waals surface area (Å²) in [6, 6.07) is 13.0. The topological polar surface area (TPSA) is 52.9 Å². The maximum Gasteiger partial charge on any atom is 0.266 e. The first-order valence-electron chi connectivity index (χ1n) is 7.58. The Morgan fingerprint density at radius 3 is 2.42 bits per heavy atom. The molecular formula is C19H18N2O2S. The van der Waals surface area contributed by atoms with Gasteiger partial charge >= 0.3 is 0 Å². The van der Waals surface area contributed by atoms with Gasteiger partial charge in [-0.1, -0.05) is 36.4 Å². The number of carbonyl (C=O) groups excluding carboxylic acids is 1. The third kappa shape index (κ3) is 3.08. The van der Waals surface area contributed by atoms with E-state index in [1.165, 1.54) is 11.8 Å². The van der Waals surface area contributed by atoms with E-state index < -0.39 is 0 Å². The normalized spacial score (nSPS) is 18.0. The lowest BCUT2D eigenvalue weighted by molar-refractivity contribution is -0.121. The van der Waals surface area contributed by atoms with Crippen molar-refractivity contribution in [1.29, 1.82) is 0 Å². The first kappa shape index (κ1) is 16.3. The van der Waals surface area contributed by atoms with Gasteiger partial charge in [0, 0.05) is 12.6 Å². The van der Waals surface area contributed by atoms with Crippen molar-refractivity contribution < 1.29 is 9.90 Å². The summed E-state index contributed by atoms with van der Waals surface area (Å²) in [6.07, 6.45) is 1.70. The first-order chi connectivity index (χ1) is 11.5. The number of aryl methyl sites for hydroxylation is 2. The standard InChI is InChI=1S/C19H18N2O2S/c1-12-7-6-8-13(2)17(12)20-19-21(3)18(23)16(24-19)11-14-9-4-5-10-15(14)22/h4-11,22H,1-3H3/b16-11+,20-19?. The Kier molecular flexibility index (Phi) is 4.44. The van der Waals surface area contributed by atoms with Gasteiger partial charge in [-0.05, 0) is 48.9 Å². The lowest BCUT2D eigenvalue weighted by Gasteiger charge is -2.09. The third-order valence-corrected chi connectivity index (χ3v) is 4.93. The predicted molar refractivity (Wildman–Crippen MR) is 99.5 cm³/mol. The Morgan fingerprint density at radius 1 is 1.08 bits per heavy atom. The molecule has 0 saturated carbocycles. The summed E-state index contributed by atoms with van der Waals surface area (Å²) >= 11 is 1.32. The zero-order chi connectivity index (χ0) is 17.3. The molecule has 1 heterocycles. The van der Waals surface area contributed by atoms with Gasteiger partial charge < -0.3 is 5.11 Å². The molecule has 4 nitrogen and oxygen atoms in total. The minimum absolute atomic E-state index is 0.117. The molecule has 1 N–H and O–H groups in total. The van der Waals surface area contributed by atoms with Crippen molar-refractivity contribution in [2.75, 3.05) is 7.05 Å². The largest absolute Gasteiger partial charge is 0.507 e. The molecule has 0 aliphatic carbocycles. The number of thioether (sulfide) groups is 1. The Labute approximate surface area is 145 Å². The molecule has 1 fully saturated rings. The molecule has 0 aromatic heterocycles. The second-order valence-corrected chi connectivity index (χ2v) is 6.68. The lowest BCUT2D eigenvalue weighted by Crippen LogP contribution is -2.23. The van der Waals surface area contributed by atoms with Gasteiger partial charge in [-0.15, -0.1) is 0 Å². The first-order valence-corrected chi connectivity index (χ1v) is 8.39. The quantitative estimate of drug-likeness (QED) is 0.833. The molecule has 2 aromatic carbocycles. The second kappa shape index (κ2) is 6.53. The van der Waals surface area contributed by atoms with Crippen LogP contribution < -0.4 is 0 Å². The summed E-state index contributed by atoms with van der Waals surface area (Å²) in [5, 5.41) is 10.5. The molecule has 122 valence electrons. The summed E-state index contributed by atoms with van der Waals surface area (Å²) in [4.78, 5) is 19.2. The maximum atomic E-state index is 12.5. The summed E-state index contributed by atoms with van der Waals surface area (Å²) < 4.78 is 0. The number of aliphatic imine (C=N–C) groups is 1. The Bertz CT molecular complexity index is 851. The van der Waals surface area contributed by atoms with Gasteiger partial charge in [0.1, 0.15) is 5.75 Å². The number of phenols is 1. The van der Waals surface area contributed by atoms with E-state index in [1.54, 1.807) is 36.2 Å². The molecule has 0 radical (unpaired) electrons. The van der Waals surface area contributed by atoms with Gasteiger partial charge in [-0.2, -0.15) is 0 Å². The van der Waals surface area contributed by atoms with Crippen LogP contribution in [0, 0.1) is 13.8 Å². The van der Waals surface area contributed by atoms with Crippen LogP contribution in [0.3, 0.4) is 0 Å². The Balaban J connectivity index is 1.98. The molecule has 1 saturated heterocycles. The number of benzene rings is 2. The van der Waals surface area contributed by atoms with Gasteiger partial charge in [0.05, 0.1) is 10.6 Å². The molecule has 1 amide bonds. The van der Waals surface area contributed by atoms with Crippen molar-refractivity contribution >= 4 is 34.6 Å². The highest BCUT2D eigenvalue weighted by molar-refractivity contribution is 8.18.